The van der Waals surface area contributed by atoms with Gasteiger partial charge in [-0.25, -0.2) is 0 Å². The molecule has 3 aromatic heterocycles. The molecule has 0 spiro atoms. The molecule has 4 aromatic rings. The van der Waals surface area contributed by atoms with Gasteiger partial charge in [0.25, 0.3) is 0 Å². The number of para-hydroxylation sites is 1. The maximum atomic E-state index is 5.93. The van der Waals surface area contributed by atoms with Crippen LogP contribution in [0.2, 0.25) is 0 Å². The Balaban J connectivity index is 1.50. The quantitative estimate of drug-likeness (QED) is 0.546. The number of fused-ring (bicyclic) bond motifs is 1. The van der Waals surface area contributed by atoms with Crippen LogP contribution >= 0.6 is 0 Å². The van der Waals surface area contributed by atoms with Crippen LogP contribution in [-0.2, 0) is 6.54 Å². The summed E-state index contributed by atoms with van der Waals surface area (Å²) in [5, 5.41) is 5.05. The number of aromatic nitrogens is 2. The van der Waals surface area contributed by atoms with E-state index in [1.807, 2.05) is 31.3 Å². The fourth-order valence-corrected chi connectivity index (χ4v) is 2.60. The Morgan fingerprint density at radius 1 is 1.17 bits per heavy atom. The van der Waals surface area contributed by atoms with E-state index in [2.05, 4.69) is 28.0 Å². The third kappa shape index (κ3) is 2.72. The zero-order chi connectivity index (χ0) is 16.5. The minimum atomic E-state index is 0.0800. The number of benzene rings is 1. The second-order valence-corrected chi connectivity index (χ2v) is 5.77. The maximum absolute atomic E-state index is 5.93. The fourth-order valence-electron chi connectivity index (χ4n) is 2.60. The van der Waals surface area contributed by atoms with E-state index < -0.39 is 0 Å². The molecular weight excluding hydrogens is 306 g/mol. The number of hydrogen-bond donors (Lipinski definition) is 0. The van der Waals surface area contributed by atoms with Crippen LogP contribution in [0, 0.1) is 0 Å². The summed E-state index contributed by atoms with van der Waals surface area (Å²) >= 11 is 0. The third-order valence-electron chi connectivity index (χ3n) is 4.11. The Morgan fingerprint density at radius 3 is 2.83 bits per heavy atom. The number of nitrogens with zero attached hydrogens (tertiary/aromatic N) is 3. The summed E-state index contributed by atoms with van der Waals surface area (Å²) in [6, 6.07) is 13.7. The molecule has 0 bridgehead atoms. The van der Waals surface area contributed by atoms with Gasteiger partial charge in [-0.05, 0) is 38.2 Å². The van der Waals surface area contributed by atoms with Crippen LogP contribution in [-0.4, -0.2) is 22.1 Å². The highest BCUT2D eigenvalue weighted by molar-refractivity contribution is 5.77. The van der Waals surface area contributed by atoms with Crippen LogP contribution in [0.5, 0.6) is 0 Å². The summed E-state index contributed by atoms with van der Waals surface area (Å²) in [6.07, 6.45) is 1.58. The molecule has 1 atom stereocenters. The molecule has 0 aliphatic heterocycles. The van der Waals surface area contributed by atoms with Crippen LogP contribution in [0.4, 0.5) is 0 Å². The highest BCUT2D eigenvalue weighted by Gasteiger charge is 2.19. The molecule has 0 N–H and O–H groups in total. The fraction of sp³-hybridized carbons (Fsp3) is 0.222. The Labute approximate surface area is 138 Å². The van der Waals surface area contributed by atoms with E-state index >= 15 is 0 Å². The molecule has 0 fully saturated rings. The molecule has 6 heteroatoms. The van der Waals surface area contributed by atoms with Crippen molar-refractivity contribution in [2.24, 2.45) is 0 Å². The molecule has 0 aliphatic carbocycles. The standard InChI is InChI=1S/C18H17N3O3/c1-12(16-10-13-6-3-4-7-14(13)23-16)21(2)11-17-19-18(20-24-17)15-8-5-9-22-15/h3-10,12H,11H2,1-2H3/t12-/m1/s1. The lowest BCUT2D eigenvalue weighted by Gasteiger charge is -2.20. The number of hydrogen-bond acceptors (Lipinski definition) is 6. The van der Waals surface area contributed by atoms with Crippen LogP contribution < -0.4 is 0 Å². The van der Waals surface area contributed by atoms with E-state index in [9.17, 15) is 0 Å². The van der Waals surface area contributed by atoms with Crippen molar-refractivity contribution in [3.63, 3.8) is 0 Å². The van der Waals surface area contributed by atoms with Crippen LogP contribution in [0.25, 0.3) is 22.6 Å². The average molecular weight is 323 g/mol. The van der Waals surface area contributed by atoms with Gasteiger partial charge in [0.1, 0.15) is 11.3 Å². The maximum Gasteiger partial charge on any atom is 0.241 e. The molecule has 0 amide bonds. The summed E-state index contributed by atoms with van der Waals surface area (Å²) in [7, 11) is 1.99. The summed E-state index contributed by atoms with van der Waals surface area (Å²) in [5.41, 5.74) is 0.894. The molecular formula is C18H17N3O3. The summed E-state index contributed by atoms with van der Waals surface area (Å²) in [6.45, 7) is 2.60. The summed E-state index contributed by atoms with van der Waals surface area (Å²) < 4.78 is 16.5. The van der Waals surface area contributed by atoms with Crippen LogP contribution in [0.1, 0.15) is 24.6 Å². The Hall–Kier alpha value is -2.86. The van der Waals surface area contributed by atoms with Crippen LogP contribution in [0.15, 0.2) is 62.1 Å². The van der Waals surface area contributed by atoms with Gasteiger partial charge >= 0.3 is 0 Å². The van der Waals surface area contributed by atoms with Crippen molar-refractivity contribution >= 4 is 11.0 Å². The van der Waals surface area contributed by atoms with E-state index in [4.69, 9.17) is 13.4 Å². The third-order valence-corrected chi connectivity index (χ3v) is 4.11. The topological polar surface area (TPSA) is 68.4 Å². The van der Waals surface area contributed by atoms with Crippen molar-refractivity contribution in [3.8, 4) is 11.6 Å². The van der Waals surface area contributed by atoms with Crippen molar-refractivity contribution in [2.45, 2.75) is 19.5 Å². The first kappa shape index (κ1) is 14.7. The molecule has 0 saturated heterocycles. The molecule has 0 saturated carbocycles. The molecule has 0 unspecified atom stereocenters. The molecule has 122 valence electrons. The minimum absolute atomic E-state index is 0.0800. The first-order valence-electron chi connectivity index (χ1n) is 7.76. The lowest BCUT2D eigenvalue weighted by Crippen LogP contribution is -2.21. The van der Waals surface area contributed by atoms with Gasteiger partial charge in [-0.1, -0.05) is 23.4 Å². The average Bonchev–Trinajstić information content (AvgIpc) is 3.32. The summed E-state index contributed by atoms with van der Waals surface area (Å²) in [5.74, 6) is 2.49. The predicted octanol–water partition coefficient (Wildman–Crippen LogP) is 4.27. The van der Waals surface area contributed by atoms with Crippen molar-refractivity contribution in [2.75, 3.05) is 7.05 Å². The van der Waals surface area contributed by atoms with Crippen molar-refractivity contribution in [1.82, 2.24) is 15.0 Å². The second-order valence-electron chi connectivity index (χ2n) is 5.77. The summed E-state index contributed by atoms with van der Waals surface area (Å²) in [4.78, 5) is 6.46. The Morgan fingerprint density at radius 2 is 2.04 bits per heavy atom. The van der Waals surface area contributed by atoms with Gasteiger partial charge < -0.3 is 13.4 Å². The minimum Gasteiger partial charge on any atom is -0.461 e. The highest BCUT2D eigenvalue weighted by atomic mass is 16.5. The van der Waals surface area contributed by atoms with Crippen molar-refractivity contribution in [3.05, 3.63) is 60.4 Å². The normalized spacial score (nSPS) is 13.0. The lowest BCUT2D eigenvalue weighted by molar-refractivity contribution is 0.198. The van der Waals surface area contributed by atoms with Gasteiger partial charge in [0, 0.05) is 5.39 Å². The first-order valence-corrected chi connectivity index (χ1v) is 7.76. The zero-order valence-electron chi connectivity index (χ0n) is 13.5. The zero-order valence-corrected chi connectivity index (χ0v) is 13.5. The predicted molar refractivity (Wildman–Crippen MR) is 88.1 cm³/mol. The van der Waals surface area contributed by atoms with E-state index in [-0.39, 0.29) is 6.04 Å². The monoisotopic (exact) mass is 323 g/mol. The Bertz CT molecular complexity index is 906. The van der Waals surface area contributed by atoms with Gasteiger partial charge in [-0.2, -0.15) is 4.98 Å². The molecule has 1 aromatic carbocycles. The van der Waals surface area contributed by atoms with Gasteiger partial charge in [-0.15, -0.1) is 0 Å². The van der Waals surface area contributed by atoms with E-state index in [0.29, 0.717) is 24.0 Å². The first-order chi connectivity index (χ1) is 11.7. The number of furan rings is 2. The highest BCUT2D eigenvalue weighted by Crippen LogP contribution is 2.27. The van der Waals surface area contributed by atoms with Crippen LogP contribution in [0.3, 0.4) is 0 Å². The molecule has 4 rings (SSSR count). The van der Waals surface area contributed by atoms with E-state index in [1.165, 1.54) is 0 Å². The smallest absolute Gasteiger partial charge is 0.241 e. The van der Waals surface area contributed by atoms with Gasteiger partial charge in [0.2, 0.25) is 11.7 Å². The molecule has 3 heterocycles. The van der Waals surface area contributed by atoms with Crippen molar-refractivity contribution < 1.29 is 13.4 Å². The largest absolute Gasteiger partial charge is 0.461 e. The van der Waals surface area contributed by atoms with Gasteiger partial charge in [-0.3, -0.25) is 4.90 Å². The van der Waals surface area contributed by atoms with E-state index in [1.54, 1.807) is 18.4 Å². The molecule has 6 nitrogen and oxygen atoms in total. The SMILES string of the molecule is C[C@H](c1cc2ccccc2o1)N(C)Cc1nc(-c2ccco2)no1. The molecule has 24 heavy (non-hydrogen) atoms. The second kappa shape index (κ2) is 5.98. The van der Waals surface area contributed by atoms with Crippen molar-refractivity contribution in [1.29, 1.82) is 0 Å². The Kier molecular flexibility index (Phi) is 3.66. The lowest BCUT2D eigenvalue weighted by atomic mass is 10.2. The van der Waals surface area contributed by atoms with Gasteiger partial charge in [0.15, 0.2) is 5.76 Å². The molecule has 0 aliphatic rings. The van der Waals surface area contributed by atoms with E-state index in [0.717, 1.165) is 16.7 Å². The number of rotatable bonds is 5. The molecule has 0 radical (unpaired) electrons. The van der Waals surface area contributed by atoms with Gasteiger partial charge in [0.05, 0.1) is 18.8 Å².